The van der Waals surface area contributed by atoms with Gasteiger partial charge in [0.15, 0.2) is 0 Å². The van der Waals surface area contributed by atoms with Crippen LogP contribution >= 0.6 is 0 Å². The van der Waals surface area contributed by atoms with E-state index in [1.807, 2.05) is 56.1 Å². The fourth-order valence-corrected chi connectivity index (χ4v) is 2.05. The van der Waals surface area contributed by atoms with Crippen LogP contribution in [0, 0.1) is 11.3 Å². The molecule has 2 aromatic rings. The monoisotopic (exact) mass is 281 g/mol. The van der Waals surface area contributed by atoms with Crippen molar-refractivity contribution in [2.75, 3.05) is 17.7 Å². The summed E-state index contributed by atoms with van der Waals surface area (Å²) in [5.74, 6) is 0.750. The summed E-state index contributed by atoms with van der Waals surface area (Å²) < 4.78 is 5.71. The van der Waals surface area contributed by atoms with Crippen molar-refractivity contribution in [1.29, 1.82) is 5.26 Å². The van der Waals surface area contributed by atoms with Gasteiger partial charge in [-0.3, -0.25) is 0 Å². The van der Waals surface area contributed by atoms with E-state index < -0.39 is 0 Å². The molecule has 0 saturated heterocycles. The predicted octanol–water partition coefficient (Wildman–Crippen LogP) is 3.70. The SMILES string of the molecule is CC(C)Oc1cc(N)cc(N(C)c2ccc(C#N)cc2)c1. The maximum absolute atomic E-state index is 8.84. The van der Waals surface area contributed by atoms with Gasteiger partial charge in [-0.1, -0.05) is 0 Å². The van der Waals surface area contributed by atoms with Gasteiger partial charge in [0.05, 0.1) is 17.7 Å². The largest absolute Gasteiger partial charge is 0.491 e. The van der Waals surface area contributed by atoms with E-state index in [0.717, 1.165) is 17.1 Å². The Morgan fingerprint density at radius 2 is 1.76 bits per heavy atom. The minimum Gasteiger partial charge on any atom is -0.491 e. The van der Waals surface area contributed by atoms with Gasteiger partial charge in [-0.25, -0.2) is 0 Å². The molecular formula is C17H19N3O. The molecule has 0 bridgehead atoms. The molecule has 2 N–H and O–H groups in total. The summed E-state index contributed by atoms with van der Waals surface area (Å²) in [6, 6.07) is 15.2. The first-order chi connectivity index (χ1) is 9.99. The number of rotatable bonds is 4. The van der Waals surface area contributed by atoms with Crippen molar-refractivity contribution in [2.24, 2.45) is 0 Å². The maximum Gasteiger partial charge on any atom is 0.123 e. The Balaban J connectivity index is 2.31. The number of hydrogen-bond acceptors (Lipinski definition) is 4. The zero-order valence-electron chi connectivity index (χ0n) is 12.5. The summed E-state index contributed by atoms with van der Waals surface area (Å²) in [4.78, 5) is 2.00. The van der Waals surface area contributed by atoms with Crippen molar-refractivity contribution in [3.05, 3.63) is 48.0 Å². The molecule has 0 saturated carbocycles. The van der Waals surface area contributed by atoms with E-state index in [4.69, 9.17) is 15.7 Å². The van der Waals surface area contributed by atoms with Crippen LogP contribution in [0.1, 0.15) is 19.4 Å². The summed E-state index contributed by atoms with van der Waals surface area (Å²) in [6.45, 7) is 3.96. The molecule has 0 aliphatic rings. The summed E-state index contributed by atoms with van der Waals surface area (Å²) in [5.41, 5.74) is 9.17. The van der Waals surface area contributed by atoms with Gasteiger partial charge in [-0.15, -0.1) is 0 Å². The Kier molecular flexibility index (Phi) is 4.34. The van der Waals surface area contributed by atoms with Crippen molar-refractivity contribution >= 4 is 17.1 Å². The van der Waals surface area contributed by atoms with Crippen LogP contribution < -0.4 is 15.4 Å². The highest BCUT2D eigenvalue weighted by Crippen LogP contribution is 2.30. The fourth-order valence-electron chi connectivity index (χ4n) is 2.05. The van der Waals surface area contributed by atoms with Crippen LogP contribution in [-0.2, 0) is 0 Å². The van der Waals surface area contributed by atoms with Crippen molar-refractivity contribution in [2.45, 2.75) is 20.0 Å². The van der Waals surface area contributed by atoms with Crippen LogP contribution in [0.5, 0.6) is 5.75 Å². The number of benzene rings is 2. The molecule has 0 aliphatic carbocycles. The Hall–Kier alpha value is -2.67. The first-order valence-electron chi connectivity index (χ1n) is 6.80. The predicted molar refractivity (Wildman–Crippen MR) is 85.8 cm³/mol. The van der Waals surface area contributed by atoms with E-state index in [0.29, 0.717) is 11.3 Å². The van der Waals surface area contributed by atoms with Gasteiger partial charge in [-0.2, -0.15) is 5.26 Å². The van der Waals surface area contributed by atoms with Gasteiger partial charge >= 0.3 is 0 Å². The number of anilines is 3. The van der Waals surface area contributed by atoms with Crippen LogP contribution in [0.15, 0.2) is 42.5 Å². The molecule has 4 nitrogen and oxygen atoms in total. The van der Waals surface area contributed by atoms with Gasteiger partial charge in [-0.05, 0) is 44.2 Å². The highest BCUT2D eigenvalue weighted by atomic mass is 16.5. The van der Waals surface area contributed by atoms with E-state index in [1.54, 1.807) is 12.1 Å². The minimum atomic E-state index is 0.0971. The molecule has 0 atom stereocenters. The van der Waals surface area contributed by atoms with E-state index >= 15 is 0 Å². The summed E-state index contributed by atoms with van der Waals surface area (Å²) in [5, 5.41) is 8.84. The molecule has 0 spiro atoms. The third-order valence-electron chi connectivity index (χ3n) is 3.06. The first kappa shape index (κ1) is 14.7. The molecule has 0 aliphatic heterocycles. The average Bonchev–Trinajstić information content (AvgIpc) is 2.45. The van der Waals surface area contributed by atoms with Gasteiger partial charge in [0, 0.05) is 36.2 Å². The topological polar surface area (TPSA) is 62.3 Å². The molecule has 21 heavy (non-hydrogen) atoms. The number of nitrogens with two attached hydrogens (primary N) is 1. The standard InChI is InChI=1S/C17H19N3O/c1-12(2)21-17-9-14(19)8-16(10-17)20(3)15-6-4-13(11-18)5-7-15/h4-10,12H,19H2,1-3H3. The van der Waals surface area contributed by atoms with Crippen LogP contribution in [0.25, 0.3) is 0 Å². The van der Waals surface area contributed by atoms with Crippen molar-refractivity contribution in [1.82, 2.24) is 0 Å². The number of ether oxygens (including phenoxy) is 1. The van der Waals surface area contributed by atoms with E-state index in [2.05, 4.69) is 6.07 Å². The Bertz CT molecular complexity index is 657. The molecule has 4 heteroatoms. The number of nitriles is 1. The lowest BCUT2D eigenvalue weighted by Gasteiger charge is -2.21. The summed E-state index contributed by atoms with van der Waals surface area (Å²) >= 11 is 0. The zero-order valence-corrected chi connectivity index (χ0v) is 12.5. The minimum absolute atomic E-state index is 0.0971. The molecule has 0 aromatic heterocycles. The highest BCUT2D eigenvalue weighted by Gasteiger charge is 2.08. The summed E-state index contributed by atoms with van der Waals surface area (Å²) in [6.07, 6.45) is 0.0971. The lowest BCUT2D eigenvalue weighted by atomic mass is 10.2. The second kappa shape index (κ2) is 6.19. The number of nitrogens with zero attached hydrogens (tertiary/aromatic N) is 2. The fraction of sp³-hybridized carbons (Fsp3) is 0.235. The third kappa shape index (κ3) is 3.67. The Morgan fingerprint density at radius 3 is 2.33 bits per heavy atom. The van der Waals surface area contributed by atoms with E-state index in [-0.39, 0.29) is 6.10 Å². The molecule has 0 unspecified atom stereocenters. The zero-order chi connectivity index (χ0) is 15.4. The van der Waals surface area contributed by atoms with Crippen molar-refractivity contribution < 1.29 is 4.74 Å². The van der Waals surface area contributed by atoms with Crippen molar-refractivity contribution in [3.63, 3.8) is 0 Å². The second-order valence-electron chi connectivity index (χ2n) is 5.14. The maximum atomic E-state index is 8.84. The van der Waals surface area contributed by atoms with Crippen LogP contribution in [0.2, 0.25) is 0 Å². The average molecular weight is 281 g/mol. The number of nitrogen functional groups attached to an aromatic ring is 1. The van der Waals surface area contributed by atoms with Crippen molar-refractivity contribution in [3.8, 4) is 11.8 Å². The lowest BCUT2D eigenvalue weighted by Crippen LogP contribution is -2.11. The Morgan fingerprint density at radius 1 is 1.10 bits per heavy atom. The normalized spacial score (nSPS) is 10.2. The quantitative estimate of drug-likeness (QED) is 0.868. The molecule has 2 aromatic carbocycles. The van der Waals surface area contributed by atoms with Gasteiger partial charge in [0.25, 0.3) is 0 Å². The molecule has 108 valence electrons. The molecule has 0 fully saturated rings. The van der Waals surface area contributed by atoms with Gasteiger partial charge in [0.1, 0.15) is 5.75 Å². The van der Waals surface area contributed by atoms with Crippen LogP contribution in [-0.4, -0.2) is 13.2 Å². The first-order valence-corrected chi connectivity index (χ1v) is 6.80. The Labute approximate surface area is 125 Å². The molecule has 2 rings (SSSR count). The van der Waals surface area contributed by atoms with Crippen LogP contribution in [0.4, 0.5) is 17.1 Å². The van der Waals surface area contributed by atoms with Gasteiger partial charge < -0.3 is 15.4 Å². The highest BCUT2D eigenvalue weighted by molar-refractivity contribution is 5.68. The lowest BCUT2D eigenvalue weighted by molar-refractivity contribution is 0.242. The smallest absolute Gasteiger partial charge is 0.123 e. The third-order valence-corrected chi connectivity index (χ3v) is 3.06. The second-order valence-corrected chi connectivity index (χ2v) is 5.14. The molecular weight excluding hydrogens is 262 g/mol. The van der Waals surface area contributed by atoms with E-state index in [9.17, 15) is 0 Å². The van der Waals surface area contributed by atoms with E-state index in [1.165, 1.54) is 0 Å². The molecule has 0 radical (unpaired) electrons. The molecule has 0 amide bonds. The summed E-state index contributed by atoms with van der Waals surface area (Å²) in [7, 11) is 1.95. The number of hydrogen-bond donors (Lipinski definition) is 1. The van der Waals surface area contributed by atoms with Gasteiger partial charge in [0.2, 0.25) is 0 Å². The van der Waals surface area contributed by atoms with Crippen LogP contribution in [0.3, 0.4) is 0 Å². The molecule has 0 heterocycles.